The summed E-state index contributed by atoms with van der Waals surface area (Å²) in [6, 6.07) is 19.2. The third-order valence-corrected chi connectivity index (χ3v) is 7.03. The van der Waals surface area contributed by atoms with Crippen LogP contribution in [0.25, 0.3) is 11.0 Å². The van der Waals surface area contributed by atoms with Crippen LogP contribution in [0, 0.1) is 0 Å². The Morgan fingerprint density at radius 1 is 1.09 bits per heavy atom. The number of nitrogens with one attached hydrogen (secondary N) is 1. The molecule has 6 heteroatoms. The second-order valence-corrected chi connectivity index (χ2v) is 9.12. The molecule has 2 aromatic heterocycles. The lowest BCUT2D eigenvalue weighted by Gasteiger charge is -2.36. The molecule has 2 aliphatic rings. The van der Waals surface area contributed by atoms with Crippen molar-refractivity contribution in [2.45, 2.75) is 51.1 Å². The fraction of sp³-hybridized carbons (Fsp3) is 0.333. The Morgan fingerprint density at radius 2 is 2.03 bits per heavy atom. The first-order valence-electron chi connectivity index (χ1n) is 11.8. The Hall–Kier alpha value is -3.06. The Bertz CT molecular complexity index is 1250. The van der Waals surface area contributed by atoms with Crippen molar-refractivity contribution in [1.29, 1.82) is 0 Å². The first-order chi connectivity index (χ1) is 16.3. The summed E-state index contributed by atoms with van der Waals surface area (Å²) in [5, 5.41) is 0. The van der Waals surface area contributed by atoms with Crippen LogP contribution in [0.2, 0.25) is 0 Å². The number of nitrogens with two attached hydrogens (primary N) is 1. The molecule has 0 spiro atoms. The highest BCUT2D eigenvalue weighted by Gasteiger charge is 2.32. The summed E-state index contributed by atoms with van der Waals surface area (Å²) >= 11 is 0. The minimum absolute atomic E-state index is 0.0185. The molecule has 6 nitrogen and oxygen atoms in total. The van der Waals surface area contributed by atoms with Crippen molar-refractivity contribution in [3.63, 3.8) is 0 Å². The lowest BCUT2D eigenvalue weighted by Crippen LogP contribution is -2.35. The number of rotatable bonds is 6. The minimum Gasteiger partial charge on any atom is -0.367 e. The Kier molecular flexibility index (Phi) is 5.42. The molecule has 6 rings (SSSR count). The third kappa shape index (κ3) is 3.95. The molecule has 168 valence electrons. The number of aromatic nitrogens is 3. The molecule has 0 fully saturated rings. The molecule has 0 bridgehead atoms. The zero-order valence-corrected chi connectivity index (χ0v) is 18.7. The highest BCUT2D eigenvalue weighted by Crippen LogP contribution is 2.38. The van der Waals surface area contributed by atoms with E-state index in [4.69, 9.17) is 20.4 Å². The molecule has 2 unspecified atom stereocenters. The largest absolute Gasteiger partial charge is 0.367 e. The van der Waals surface area contributed by atoms with E-state index in [1.54, 1.807) is 0 Å². The second-order valence-electron chi connectivity index (χ2n) is 9.12. The summed E-state index contributed by atoms with van der Waals surface area (Å²) in [5.74, 6) is 0.980. The van der Waals surface area contributed by atoms with E-state index in [9.17, 15) is 0 Å². The number of aromatic amines is 1. The first kappa shape index (κ1) is 20.5. The van der Waals surface area contributed by atoms with Gasteiger partial charge in [-0.3, -0.25) is 9.88 Å². The molecule has 0 amide bonds. The van der Waals surface area contributed by atoms with Gasteiger partial charge in [0.25, 0.3) is 0 Å². The summed E-state index contributed by atoms with van der Waals surface area (Å²) in [6.45, 7) is 2.71. The molecule has 0 radical (unpaired) electrons. The minimum atomic E-state index is 0.0185. The molecule has 2 atom stereocenters. The van der Waals surface area contributed by atoms with Crippen LogP contribution in [0.15, 0.2) is 60.8 Å². The number of fused-ring (bicyclic) bond motifs is 3. The molecule has 1 aliphatic carbocycles. The standard InChI is InChI=1S/C27H29N5O/c28-14-18-10-11-20-17-33-25(21(20)13-18)15-32(16-26-30-22-7-1-2-8-23(22)31-26)24-9-3-5-19-6-4-12-29-27(19)24/h1-2,4,6-8,10-13,24-25H,3,5,9,14-17,28H2,(H,30,31). The average molecular weight is 440 g/mol. The lowest BCUT2D eigenvalue weighted by molar-refractivity contribution is 0.0173. The van der Waals surface area contributed by atoms with Crippen molar-refractivity contribution in [1.82, 2.24) is 19.9 Å². The normalized spacial score (nSPS) is 19.7. The van der Waals surface area contributed by atoms with E-state index in [0.29, 0.717) is 13.2 Å². The maximum absolute atomic E-state index is 6.30. The molecule has 33 heavy (non-hydrogen) atoms. The quantitative estimate of drug-likeness (QED) is 0.460. The Morgan fingerprint density at radius 3 is 2.94 bits per heavy atom. The number of H-pyrrole nitrogens is 1. The molecule has 0 saturated heterocycles. The van der Waals surface area contributed by atoms with Crippen LogP contribution >= 0.6 is 0 Å². The van der Waals surface area contributed by atoms with Crippen LogP contribution in [-0.2, 0) is 30.9 Å². The monoisotopic (exact) mass is 439 g/mol. The zero-order valence-electron chi connectivity index (χ0n) is 18.7. The lowest BCUT2D eigenvalue weighted by atomic mass is 9.90. The third-order valence-electron chi connectivity index (χ3n) is 7.03. The predicted octanol–water partition coefficient (Wildman–Crippen LogP) is 4.57. The fourth-order valence-corrected chi connectivity index (χ4v) is 5.36. The number of benzene rings is 2. The van der Waals surface area contributed by atoms with Crippen molar-refractivity contribution < 1.29 is 4.74 Å². The number of para-hydroxylation sites is 2. The van der Waals surface area contributed by atoms with Gasteiger partial charge < -0.3 is 15.5 Å². The summed E-state index contributed by atoms with van der Waals surface area (Å²) in [5.41, 5.74) is 14.3. The molecule has 3 heterocycles. The van der Waals surface area contributed by atoms with E-state index in [1.165, 1.54) is 28.8 Å². The summed E-state index contributed by atoms with van der Waals surface area (Å²) in [6.07, 6.45) is 5.29. The van der Waals surface area contributed by atoms with Gasteiger partial charge in [0.2, 0.25) is 0 Å². The Balaban J connectivity index is 1.35. The van der Waals surface area contributed by atoms with Crippen molar-refractivity contribution in [2.75, 3.05) is 6.54 Å². The number of hydrogen-bond acceptors (Lipinski definition) is 5. The zero-order chi connectivity index (χ0) is 22.2. The van der Waals surface area contributed by atoms with E-state index in [0.717, 1.165) is 48.4 Å². The van der Waals surface area contributed by atoms with Gasteiger partial charge in [-0.1, -0.05) is 36.4 Å². The summed E-state index contributed by atoms with van der Waals surface area (Å²) < 4.78 is 6.30. The molecule has 1 aliphatic heterocycles. The summed E-state index contributed by atoms with van der Waals surface area (Å²) in [7, 11) is 0. The van der Waals surface area contributed by atoms with Crippen LogP contribution in [0.1, 0.15) is 58.8 Å². The highest BCUT2D eigenvalue weighted by molar-refractivity contribution is 5.74. The Labute approximate surface area is 193 Å². The fourth-order valence-electron chi connectivity index (χ4n) is 5.36. The maximum Gasteiger partial charge on any atom is 0.121 e. The van der Waals surface area contributed by atoms with Crippen LogP contribution < -0.4 is 5.73 Å². The van der Waals surface area contributed by atoms with Crippen molar-refractivity contribution >= 4 is 11.0 Å². The van der Waals surface area contributed by atoms with Gasteiger partial charge in [-0.15, -0.1) is 0 Å². The van der Waals surface area contributed by atoms with Crippen LogP contribution in [0.5, 0.6) is 0 Å². The van der Waals surface area contributed by atoms with Crippen molar-refractivity contribution in [3.05, 3.63) is 94.6 Å². The van der Waals surface area contributed by atoms with E-state index in [2.05, 4.69) is 52.3 Å². The second kappa shape index (κ2) is 8.71. The maximum atomic E-state index is 6.30. The van der Waals surface area contributed by atoms with Gasteiger partial charge in [0.05, 0.1) is 42.0 Å². The molecular weight excluding hydrogens is 410 g/mol. The van der Waals surface area contributed by atoms with Gasteiger partial charge in [-0.25, -0.2) is 4.98 Å². The number of ether oxygens (including phenoxy) is 1. The van der Waals surface area contributed by atoms with Gasteiger partial charge in [0.15, 0.2) is 0 Å². The molecule has 0 saturated carbocycles. The van der Waals surface area contributed by atoms with Gasteiger partial charge in [-0.05, 0) is 59.7 Å². The number of hydrogen-bond donors (Lipinski definition) is 2. The smallest absolute Gasteiger partial charge is 0.121 e. The molecular formula is C27H29N5O. The van der Waals surface area contributed by atoms with E-state index in [1.807, 2.05) is 18.3 Å². The summed E-state index contributed by atoms with van der Waals surface area (Å²) in [4.78, 5) is 15.7. The number of aryl methyl sites for hydroxylation is 1. The topological polar surface area (TPSA) is 80.1 Å². The van der Waals surface area contributed by atoms with Gasteiger partial charge in [0, 0.05) is 19.3 Å². The van der Waals surface area contributed by atoms with E-state index >= 15 is 0 Å². The molecule has 2 aromatic carbocycles. The van der Waals surface area contributed by atoms with Gasteiger partial charge >= 0.3 is 0 Å². The molecule has 4 aromatic rings. The molecule has 3 N–H and O–H groups in total. The predicted molar refractivity (Wildman–Crippen MR) is 128 cm³/mol. The average Bonchev–Trinajstić information content (AvgIpc) is 3.46. The van der Waals surface area contributed by atoms with E-state index in [-0.39, 0.29) is 12.1 Å². The van der Waals surface area contributed by atoms with E-state index < -0.39 is 0 Å². The SMILES string of the molecule is NCc1ccc2c(c1)C(CN(Cc1nc3ccccc3[nH]1)C1CCCc3cccnc31)OC2. The van der Waals surface area contributed by atoms with Gasteiger partial charge in [-0.2, -0.15) is 0 Å². The number of imidazole rings is 1. The van der Waals surface area contributed by atoms with Crippen LogP contribution in [-0.4, -0.2) is 26.4 Å². The highest BCUT2D eigenvalue weighted by atomic mass is 16.5. The van der Waals surface area contributed by atoms with Crippen molar-refractivity contribution in [2.24, 2.45) is 5.73 Å². The first-order valence-corrected chi connectivity index (χ1v) is 11.8. The number of pyridine rings is 1. The van der Waals surface area contributed by atoms with Crippen LogP contribution in [0.3, 0.4) is 0 Å². The number of nitrogens with zero attached hydrogens (tertiary/aromatic N) is 3. The van der Waals surface area contributed by atoms with Crippen molar-refractivity contribution in [3.8, 4) is 0 Å². The van der Waals surface area contributed by atoms with Crippen LogP contribution in [0.4, 0.5) is 0 Å². The van der Waals surface area contributed by atoms with Gasteiger partial charge in [0.1, 0.15) is 5.82 Å².